The molecule has 1 aliphatic carbocycles. The third kappa shape index (κ3) is 3.93. The highest BCUT2D eigenvalue weighted by atomic mass is 32.2. The van der Waals surface area contributed by atoms with E-state index < -0.39 is 0 Å². The summed E-state index contributed by atoms with van der Waals surface area (Å²) in [6, 6.07) is 18.2. The summed E-state index contributed by atoms with van der Waals surface area (Å²) in [7, 11) is 0. The molecule has 0 spiro atoms. The molecular weight excluding hydrogens is 406 g/mol. The van der Waals surface area contributed by atoms with Crippen LogP contribution in [-0.2, 0) is 12.2 Å². The number of fused-ring (bicyclic) bond motifs is 2. The van der Waals surface area contributed by atoms with Crippen LogP contribution in [0.4, 0.5) is 0 Å². The summed E-state index contributed by atoms with van der Waals surface area (Å²) in [6.07, 6.45) is 1.95. The summed E-state index contributed by atoms with van der Waals surface area (Å²) in [6.45, 7) is 3.94. The van der Waals surface area contributed by atoms with E-state index in [0.717, 1.165) is 29.8 Å². The van der Waals surface area contributed by atoms with Crippen LogP contribution >= 0.6 is 11.8 Å². The number of aromatic nitrogens is 4. The Labute approximate surface area is 185 Å². The van der Waals surface area contributed by atoms with Crippen molar-refractivity contribution in [3.63, 3.8) is 0 Å². The van der Waals surface area contributed by atoms with Gasteiger partial charge in [0.2, 0.25) is 5.16 Å². The van der Waals surface area contributed by atoms with Crippen LogP contribution in [0.25, 0.3) is 5.78 Å². The molecule has 7 heteroatoms. The molecule has 1 unspecified atom stereocenters. The van der Waals surface area contributed by atoms with Gasteiger partial charge in [0.25, 0.3) is 11.7 Å². The van der Waals surface area contributed by atoms with E-state index in [-0.39, 0.29) is 11.9 Å². The molecule has 1 atom stereocenters. The summed E-state index contributed by atoms with van der Waals surface area (Å²) >= 11 is 1.51. The van der Waals surface area contributed by atoms with E-state index in [1.165, 1.54) is 22.9 Å². The number of carbonyl (C=O) groups excluding carboxylic acids is 1. The van der Waals surface area contributed by atoms with Gasteiger partial charge in [0.1, 0.15) is 0 Å². The van der Waals surface area contributed by atoms with Crippen LogP contribution in [0.15, 0.2) is 59.8 Å². The number of thioether (sulfide) groups is 1. The molecule has 0 saturated heterocycles. The molecule has 0 radical (unpaired) electrons. The Bertz CT molecular complexity index is 1280. The highest BCUT2D eigenvalue weighted by Crippen LogP contribution is 2.31. The van der Waals surface area contributed by atoms with Gasteiger partial charge in [-0.1, -0.05) is 54.2 Å². The predicted molar refractivity (Wildman–Crippen MR) is 121 cm³/mol. The van der Waals surface area contributed by atoms with Crippen LogP contribution in [0.5, 0.6) is 0 Å². The van der Waals surface area contributed by atoms with Crippen molar-refractivity contribution < 1.29 is 4.79 Å². The number of aryl methyl sites for hydroxylation is 3. The Kier molecular flexibility index (Phi) is 5.19. The molecule has 1 N–H and O–H groups in total. The fourth-order valence-corrected chi connectivity index (χ4v) is 4.98. The zero-order valence-electron chi connectivity index (χ0n) is 17.5. The average molecular weight is 430 g/mol. The number of carbonyl (C=O) groups is 1. The second-order valence-corrected chi connectivity index (χ2v) is 8.80. The fraction of sp³-hybridized carbons (Fsp3) is 0.250. The minimum absolute atomic E-state index is 0.0333. The SMILES string of the molecule is Cc1cc(C)n2nc(SCc3ccccc3C(=O)NC3CCc4ccccc43)nc2n1. The molecule has 2 aromatic carbocycles. The fourth-order valence-electron chi connectivity index (χ4n) is 4.16. The number of nitrogens with one attached hydrogen (secondary N) is 1. The van der Waals surface area contributed by atoms with Crippen LogP contribution < -0.4 is 5.32 Å². The number of rotatable bonds is 5. The largest absolute Gasteiger partial charge is 0.345 e. The van der Waals surface area contributed by atoms with E-state index in [1.807, 2.05) is 50.2 Å². The Morgan fingerprint density at radius 3 is 2.84 bits per heavy atom. The molecule has 156 valence electrons. The second kappa shape index (κ2) is 8.15. The normalized spacial score (nSPS) is 15.2. The lowest BCUT2D eigenvalue weighted by atomic mass is 10.1. The van der Waals surface area contributed by atoms with E-state index in [9.17, 15) is 4.79 Å². The van der Waals surface area contributed by atoms with E-state index >= 15 is 0 Å². The van der Waals surface area contributed by atoms with Gasteiger partial charge in [-0.3, -0.25) is 4.79 Å². The lowest BCUT2D eigenvalue weighted by molar-refractivity contribution is 0.0936. The molecule has 4 aromatic rings. The van der Waals surface area contributed by atoms with Gasteiger partial charge in [0, 0.05) is 22.7 Å². The van der Waals surface area contributed by atoms with Gasteiger partial charge in [0.05, 0.1) is 6.04 Å². The van der Waals surface area contributed by atoms with Crippen molar-refractivity contribution in [1.29, 1.82) is 0 Å². The average Bonchev–Trinajstić information content (AvgIpc) is 3.37. The summed E-state index contributed by atoms with van der Waals surface area (Å²) in [5, 5.41) is 8.44. The Balaban J connectivity index is 1.33. The van der Waals surface area contributed by atoms with E-state index in [4.69, 9.17) is 0 Å². The first kappa shape index (κ1) is 19.8. The van der Waals surface area contributed by atoms with Gasteiger partial charge in [-0.2, -0.15) is 4.98 Å². The first-order valence-corrected chi connectivity index (χ1v) is 11.4. The maximum Gasteiger partial charge on any atom is 0.253 e. The van der Waals surface area contributed by atoms with E-state index in [2.05, 4.69) is 38.6 Å². The van der Waals surface area contributed by atoms with Crippen molar-refractivity contribution >= 4 is 23.4 Å². The number of benzene rings is 2. The third-order valence-electron chi connectivity index (χ3n) is 5.66. The summed E-state index contributed by atoms with van der Waals surface area (Å²) in [5.41, 5.74) is 6.15. The molecule has 0 fully saturated rings. The summed E-state index contributed by atoms with van der Waals surface area (Å²) in [5.74, 6) is 1.18. The number of hydrogen-bond donors (Lipinski definition) is 1. The highest BCUT2D eigenvalue weighted by Gasteiger charge is 2.24. The Hall–Kier alpha value is -3.19. The van der Waals surface area contributed by atoms with Crippen molar-refractivity contribution in [3.05, 3.63) is 88.2 Å². The molecule has 2 heterocycles. The first-order valence-electron chi connectivity index (χ1n) is 10.4. The molecule has 6 nitrogen and oxygen atoms in total. The van der Waals surface area contributed by atoms with Crippen molar-refractivity contribution in [2.45, 2.75) is 43.6 Å². The summed E-state index contributed by atoms with van der Waals surface area (Å²) in [4.78, 5) is 22.1. The smallest absolute Gasteiger partial charge is 0.253 e. The molecule has 2 aromatic heterocycles. The molecule has 0 bridgehead atoms. The zero-order chi connectivity index (χ0) is 21.4. The van der Waals surface area contributed by atoms with Crippen LogP contribution in [0.3, 0.4) is 0 Å². The molecule has 1 aliphatic rings. The number of hydrogen-bond acceptors (Lipinski definition) is 5. The first-order chi connectivity index (χ1) is 15.1. The van der Waals surface area contributed by atoms with E-state index in [1.54, 1.807) is 4.52 Å². The standard InChI is InChI=1S/C24H23N5OS/c1-15-13-16(2)29-23(25-15)27-24(28-29)31-14-18-8-4-6-10-20(18)22(30)26-21-12-11-17-7-3-5-9-19(17)21/h3-10,13,21H,11-12,14H2,1-2H3,(H,26,30). The van der Waals surface area contributed by atoms with Gasteiger partial charge >= 0.3 is 0 Å². The van der Waals surface area contributed by atoms with Crippen molar-refractivity contribution in [2.75, 3.05) is 0 Å². The third-order valence-corrected chi connectivity index (χ3v) is 6.54. The minimum atomic E-state index is -0.0333. The molecule has 1 amide bonds. The minimum Gasteiger partial charge on any atom is -0.345 e. The van der Waals surface area contributed by atoms with Gasteiger partial charge in [-0.25, -0.2) is 9.50 Å². The van der Waals surface area contributed by atoms with Crippen molar-refractivity contribution in [2.24, 2.45) is 0 Å². The van der Waals surface area contributed by atoms with Gasteiger partial charge < -0.3 is 5.32 Å². The monoisotopic (exact) mass is 429 g/mol. The zero-order valence-corrected chi connectivity index (χ0v) is 18.3. The topological polar surface area (TPSA) is 72.2 Å². The number of nitrogens with zero attached hydrogens (tertiary/aromatic N) is 4. The lowest BCUT2D eigenvalue weighted by Crippen LogP contribution is -2.27. The second-order valence-electron chi connectivity index (χ2n) is 7.85. The molecule has 0 saturated carbocycles. The van der Waals surface area contributed by atoms with Crippen molar-refractivity contribution in [3.8, 4) is 0 Å². The predicted octanol–water partition coefficient (Wildman–Crippen LogP) is 4.45. The highest BCUT2D eigenvalue weighted by molar-refractivity contribution is 7.98. The maximum atomic E-state index is 13.1. The molecule has 5 rings (SSSR count). The Morgan fingerprint density at radius 2 is 1.94 bits per heavy atom. The van der Waals surface area contributed by atoms with Gasteiger partial charge in [0.15, 0.2) is 0 Å². The maximum absolute atomic E-state index is 13.1. The molecule has 31 heavy (non-hydrogen) atoms. The van der Waals surface area contributed by atoms with E-state index in [0.29, 0.717) is 22.3 Å². The van der Waals surface area contributed by atoms with Crippen LogP contribution in [0, 0.1) is 13.8 Å². The van der Waals surface area contributed by atoms with Crippen LogP contribution in [0.2, 0.25) is 0 Å². The van der Waals surface area contributed by atoms with Crippen LogP contribution in [0.1, 0.15) is 50.9 Å². The molecular formula is C24H23N5OS. The van der Waals surface area contributed by atoms with Gasteiger partial charge in [-0.05, 0) is 55.5 Å². The molecule has 0 aliphatic heterocycles. The van der Waals surface area contributed by atoms with Gasteiger partial charge in [-0.15, -0.1) is 5.10 Å². The number of amides is 1. The summed E-state index contributed by atoms with van der Waals surface area (Å²) < 4.78 is 1.76. The van der Waals surface area contributed by atoms with Crippen molar-refractivity contribution in [1.82, 2.24) is 24.9 Å². The lowest BCUT2D eigenvalue weighted by Gasteiger charge is -2.16. The Morgan fingerprint density at radius 1 is 1.13 bits per heavy atom. The van der Waals surface area contributed by atoms with Crippen LogP contribution in [-0.4, -0.2) is 25.5 Å². The quantitative estimate of drug-likeness (QED) is 0.475.